The molecule has 0 saturated heterocycles. The van der Waals surface area contributed by atoms with Gasteiger partial charge in [0, 0.05) is 6.54 Å². The molecule has 0 fully saturated rings. The van der Waals surface area contributed by atoms with Crippen LogP contribution in [-0.2, 0) is 6.54 Å². The van der Waals surface area contributed by atoms with Crippen molar-refractivity contribution < 1.29 is 27.4 Å². The molecule has 0 atom stereocenters. The molecule has 0 aliphatic carbocycles. The molecule has 1 amide bonds. The molecule has 10 heteroatoms. The Labute approximate surface area is 132 Å². The molecule has 0 bridgehead atoms. The maximum atomic E-state index is 12.4. The minimum Gasteiger partial charge on any atom is -0.332 e. The molecule has 2 aromatic heterocycles. The zero-order valence-electron chi connectivity index (χ0n) is 12.2. The van der Waals surface area contributed by atoms with Crippen molar-refractivity contribution >= 4 is 23.0 Å². The number of Topliss-reactive ketones (excluding diaryl/α,β-unsaturated/α-hetero) is 1. The molecule has 0 radical (unpaired) electrons. The van der Waals surface area contributed by atoms with Crippen LogP contribution in [0.3, 0.4) is 0 Å². The quantitative estimate of drug-likeness (QED) is 0.778. The van der Waals surface area contributed by atoms with Gasteiger partial charge in [0.1, 0.15) is 11.4 Å². The zero-order valence-corrected chi connectivity index (χ0v) is 13.0. The van der Waals surface area contributed by atoms with Crippen molar-refractivity contribution in [1.29, 1.82) is 0 Å². The van der Waals surface area contributed by atoms with E-state index in [9.17, 15) is 22.8 Å². The maximum Gasteiger partial charge on any atom is 0.455 e. The smallest absolute Gasteiger partial charge is 0.332 e. The highest BCUT2D eigenvalue weighted by molar-refractivity contribution is 7.16. The molecule has 0 spiro atoms. The third-order valence-corrected chi connectivity index (χ3v) is 4.13. The highest BCUT2D eigenvalue weighted by Crippen LogP contribution is 2.27. The standard InChI is InChI=1S/C13H12F3N3O3S/c1-3-19(6-8-7(2)17-22-18-8)12(21)10-5-4-9(23-10)11(20)13(14,15)16/h4-5H,3,6H2,1-2H3. The number of carbonyl (C=O) groups excluding carboxylic acids is 2. The number of amides is 1. The first-order valence-corrected chi connectivity index (χ1v) is 7.34. The van der Waals surface area contributed by atoms with Crippen molar-refractivity contribution in [2.45, 2.75) is 26.6 Å². The Hall–Kier alpha value is -2.23. The minimum atomic E-state index is -4.96. The summed E-state index contributed by atoms with van der Waals surface area (Å²) in [4.78, 5) is 24.4. The Bertz CT molecular complexity index is 723. The second kappa shape index (κ2) is 6.49. The second-order valence-electron chi connectivity index (χ2n) is 4.61. The second-order valence-corrected chi connectivity index (χ2v) is 5.69. The summed E-state index contributed by atoms with van der Waals surface area (Å²) in [6, 6.07) is 2.22. The maximum absolute atomic E-state index is 12.4. The number of aromatic nitrogens is 2. The fraction of sp³-hybridized carbons (Fsp3) is 0.385. The van der Waals surface area contributed by atoms with Crippen molar-refractivity contribution in [3.8, 4) is 0 Å². The number of nitrogens with zero attached hydrogens (tertiary/aromatic N) is 3. The number of ketones is 1. The van der Waals surface area contributed by atoms with Crippen molar-refractivity contribution in [3.05, 3.63) is 33.3 Å². The molecule has 0 unspecified atom stereocenters. The van der Waals surface area contributed by atoms with Gasteiger partial charge < -0.3 is 4.90 Å². The number of halogens is 3. The molecule has 0 aliphatic heterocycles. The van der Waals surface area contributed by atoms with Crippen LogP contribution in [0.25, 0.3) is 0 Å². The number of rotatable bonds is 5. The first-order chi connectivity index (χ1) is 10.7. The van der Waals surface area contributed by atoms with Crippen LogP contribution in [0.2, 0.25) is 0 Å². The predicted octanol–water partition coefficient (Wildman–Crippen LogP) is 2.85. The number of thiophene rings is 1. The van der Waals surface area contributed by atoms with E-state index < -0.39 is 22.7 Å². The summed E-state index contributed by atoms with van der Waals surface area (Å²) in [6.07, 6.45) is -4.96. The van der Waals surface area contributed by atoms with Gasteiger partial charge in [-0.3, -0.25) is 9.59 Å². The summed E-state index contributed by atoms with van der Waals surface area (Å²) in [6.45, 7) is 3.81. The van der Waals surface area contributed by atoms with E-state index >= 15 is 0 Å². The van der Waals surface area contributed by atoms with E-state index in [0.29, 0.717) is 29.3 Å². The van der Waals surface area contributed by atoms with Crippen LogP contribution in [0.15, 0.2) is 16.8 Å². The Balaban J connectivity index is 2.17. The van der Waals surface area contributed by atoms with E-state index in [1.165, 1.54) is 11.0 Å². The van der Waals surface area contributed by atoms with E-state index in [-0.39, 0.29) is 11.4 Å². The minimum absolute atomic E-state index is 0.0496. The molecular weight excluding hydrogens is 335 g/mol. The van der Waals surface area contributed by atoms with Crippen molar-refractivity contribution in [1.82, 2.24) is 15.2 Å². The molecule has 2 aromatic rings. The zero-order chi connectivity index (χ0) is 17.2. The van der Waals surface area contributed by atoms with Crippen LogP contribution in [0, 0.1) is 6.92 Å². The van der Waals surface area contributed by atoms with Gasteiger partial charge in [-0.2, -0.15) is 13.2 Å². The Morgan fingerprint density at radius 2 is 1.91 bits per heavy atom. The fourth-order valence-corrected chi connectivity index (χ4v) is 2.71. The van der Waals surface area contributed by atoms with Crippen molar-refractivity contribution in [2.24, 2.45) is 0 Å². The molecule has 6 nitrogen and oxygen atoms in total. The van der Waals surface area contributed by atoms with Crippen LogP contribution in [-0.4, -0.2) is 39.6 Å². The fourth-order valence-electron chi connectivity index (χ4n) is 1.77. The van der Waals surface area contributed by atoms with Gasteiger partial charge >= 0.3 is 6.18 Å². The first-order valence-electron chi connectivity index (χ1n) is 6.52. The van der Waals surface area contributed by atoms with E-state index in [1.54, 1.807) is 13.8 Å². The average molecular weight is 347 g/mol. The Morgan fingerprint density at radius 3 is 2.43 bits per heavy atom. The van der Waals surface area contributed by atoms with Gasteiger partial charge in [-0.1, -0.05) is 10.3 Å². The van der Waals surface area contributed by atoms with Crippen LogP contribution >= 0.6 is 11.3 Å². The SMILES string of the molecule is CCN(Cc1nonc1C)C(=O)c1ccc(C(=O)C(F)(F)F)s1. The monoisotopic (exact) mass is 347 g/mol. The first kappa shape index (κ1) is 17.1. The molecule has 0 aromatic carbocycles. The van der Waals surface area contributed by atoms with Crippen LogP contribution in [0.5, 0.6) is 0 Å². The van der Waals surface area contributed by atoms with Gasteiger partial charge in [-0.25, -0.2) is 4.63 Å². The summed E-state index contributed by atoms with van der Waals surface area (Å²) >= 11 is 0.516. The number of hydrogen-bond acceptors (Lipinski definition) is 6. The summed E-state index contributed by atoms with van der Waals surface area (Å²) in [5.41, 5.74) is 0.985. The summed E-state index contributed by atoms with van der Waals surface area (Å²) in [5.74, 6) is -2.44. The summed E-state index contributed by atoms with van der Waals surface area (Å²) in [5, 5.41) is 7.27. The van der Waals surface area contributed by atoms with Crippen LogP contribution < -0.4 is 0 Å². The third kappa shape index (κ3) is 3.76. The molecule has 0 N–H and O–H groups in total. The normalized spacial score (nSPS) is 11.5. The largest absolute Gasteiger partial charge is 0.455 e. The van der Waals surface area contributed by atoms with E-state index in [0.717, 1.165) is 6.07 Å². The highest BCUT2D eigenvalue weighted by Gasteiger charge is 2.40. The molecule has 124 valence electrons. The molecule has 0 aliphatic rings. The summed E-state index contributed by atoms with van der Waals surface area (Å²) in [7, 11) is 0. The van der Waals surface area contributed by atoms with Gasteiger partial charge in [-0.05, 0) is 26.0 Å². The lowest BCUT2D eigenvalue weighted by molar-refractivity contribution is -0.0882. The Morgan fingerprint density at radius 1 is 1.26 bits per heavy atom. The third-order valence-electron chi connectivity index (χ3n) is 3.05. The van der Waals surface area contributed by atoms with Gasteiger partial charge in [0.2, 0.25) is 0 Å². The number of hydrogen-bond donors (Lipinski definition) is 0. The number of carbonyl (C=O) groups is 2. The van der Waals surface area contributed by atoms with Gasteiger partial charge in [0.15, 0.2) is 0 Å². The molecule has 0 saturated carbocycles. The van der Waals surface area contributed by atoms with E-state index in [1.807, 2.05) is 0 Å². The lowest BCUT2D eigenvalue weighted by Crippen LogP contribution is -2.30. The van der Waals surface area contributed by atoms with Crippen LogP contribution in [0.1, 0.15) is 37.7 Å². The van der Waals surface area contributed by atoms with E-state index in [2.05, 4.69) is 14.9 Å². The molecule has 2 heterocycles. The lowest BCUT2D eigenvalue weighted by atomic mass is 10.3. The molecular formula is C13H12F3N3O3S. The van der Waals surface area contributed by atoms with E-state index in [4.69, 9.17) is 0 Å². The topological polar surface area (TPSA) is 76.3 Å². The highest BCUT2D eigenvalue weighted by atomic mass is 32.1. The average Bonchev–Trinajstić information content (AvgIpc) is 3.11. The lowest BCUT2D eigenvalue weighted by Gasteiger charge is -2.18. The van der Waals surface area contributed by atoms with Crippen molar-refractivity contribution in [3.63, 3.8) is 0 Å². The summed E-state index contributed by atoms with van der Waals surface area (Å²) < 4.78 is 41.8. The van der Waals surface area contributed by atoms with Crippen LogP contribution in [0.4, 0.5) is 13.2 Å². The predicted molar refractivity (Wildman–Crippen MR) is 74.2 cm³/mol. The van der Waals surface area contributed by atoms with Gasteiger partial charge in [0.05, 0.1) is 16.3 Å². The number of alkyl halides is 3. The van der Waals surface area contributed by atoms with Gasteiger partial charge in [-0.15, -0.1) is 11.3 Å². The molecule has 23 heavy (non-hydrogen) atoms. The molecule has 2 rings (SSSR count). The Kier molecular flexibility index (Phi) is 4.83. The van der Waals surface area contributed by atoms with Gasteiger partial charge in [0.25, 0.3) is 11.7 Å². The number of aryl methyl sites for hydroxylation is 1. The van der Waals surface area contributed by atoms with Crippen molar-refractivity contribution in [2.75, 3.05) is 6.54 Å².